The summed E-state index contributed by atoms with van der Waals surface area (Å²) in [5.74, 6) is -1.03. The lowest BCUT2D eigenvalue weighted by Gasteiger charge is -2.11. The Morgan fingerprint density at radius 1 is 1.16 bits per heavy atom. The molecule has 11 heteroatoms. The Kier molecular flexibility index (Phi) is 5.89. The fraction of sp³-hybridized carbons (Fsp3) is 0.143. The molecule has 0 spiro atoms. The molecule has 4 aromatic rings. The van der Waals surface area contributed by atoms with Crippen LogP contribution in [0.15, 0.2) is 45.3 Å². The minimum absolute atomic E-state index is 0.0961. The normalized spacial score (nSPS) is 11.2. The molecule has 0 aliphatic heterocycles. The molecule has 0 atom stereocenters. The number of thiazole rings is 1. The summed E-state index contributed by atoms with van der Waals surface area (Å²) < 4.78 is 16.2. The molecule has 0 radical (unpaired) electrons. The Bertz CT molecular complexity index is 1510. The zero-order chi connectivity index (χ0) is 23.2. The van der Waals surface area contributed by atoms with Crippen molar-refractivity contribution < 1.29 is 9.18 Å². The van der Waals surface area contributed by atoms with Crippen molar-refractivity contribution in [3.05, 3.63) is 78.0 Å². The average Bonchev–Trinajstić information content (AvgIpc) is 3.21. The van der Waals surface area contributed by atoms with Crippen LogP contribution in [0, 0.1) is 5.82 Å². The van der Waals surface area contributed by atoms with E-state index in [4.69, 9.17) is 23.2 Å². The number of fused-ring (bicyclic) bond motifs is 1. The number of halogens is 3. The highest BCUT2D eigenvalue weighted by Gasteiger charge is 2.16. The van der Waals surface area contributed by atoms with Crippen LogP contribution in [-0.2, 0) is 25.3 Å². The first-order chi connectivity index (χ1) is 15.2. The van der Waals surface area contributed by atoms with Crippen molar-refractivity contribution in [2.24, 2.45) is 14.1 Å². The van der Waals surface area contributed by atoms with E-state index in [0.29, 0.717) is 27.7 Å². The molecule has 0 fully saturated rings. The molecular weight excluding hydrogens is 478 g/mol. The second kappa shape index (κ2) is 8.50. The first kappa shape index (κ1) is 22.2. The molecule has 0 unspecified atom stereocenters. The van der Waals surface area contributed by atoms with Gasteiger partial charge < -0.3 is 5.32 Å². The third kappa shape index (κ3) is 3.94. The molecule has 4 rings (SSSR count). The first-order valence-electron chi connectivity index (χ1n) is 9.25. The van der Waals surface area contributed by atoms with E-state index < -0.39 is 23.0 Å². The second-order valence-electron chi connectivity index (χ2n) is 7.03. The van der Waals surface area contributed by atoms with E-state index in [-0.39, 0.29) is 21.6 Å². The number of aryl methyl sites for hydroxylation is 1. The van der Waals surface area contributed by atoms with Crippen molar-refractivity contribution in [1.82, 2.24) is 14.1 Å². The number of amides is 1. The number of hydrogen-bond donors (Lipinski definition) is 1. The van der Waals surface area contributed by atoms with E-state index in [0.717, 1.165) is 15.9 Å². The molecule has 0 aliphatic carbocycles. The lowest BCUT2D eigenvalue weighted by atomic mass is 10.1. The van der Waals surface area contributed by atoms with Crippen LogP contribution in [0.3, 0.4) is 0 Å². The lowest BCUT2D eigenvalue weighted by Crippen LogP contribution is -2.37. The molecule has 1 N–H and O–H groups in total. The number of rotatable bonds is 4. The molecule has 1 amide bonds. The van der Waals surface area contributed by atoms with Crippen molar-refractivity contribution in [2.75, 3.05) is 5.32 Å². The van der Waals surface area contributed by atoms with Crippen LogP contribution in [-0.4, -0.2) is 20.0 Å². The van der Waals surface area contributed by atoms with Crippen molar-refractivity contribution >= 4 is 56.5 Å². The van der Waals surface area contributed by atoms with Crippen LogP contribution < -0.4 is 16.6 Å². The molecule has 0 saturated heterocycles. The SMILES string of the molecule is Cn1c(=O)c2c(CC(=O)Nc3nc(-c4cc(F)c(Cl)cc4Cl)cs3)cccc2n(C)c1=O. The van der Waals surface area contributed by atoms with E-state index in [1.807, 2.05) is 0 Å². The van der Waals surface area contributed by atoms with E-state index in [1.165, 1.54) is 23.7 Å². The Morgan fingerprint density at radius 3 is 2.66 bits per heavy atom. The average molecular weight is 493 g/mol. The Labute approximate surface area is 194 Å². The van der Waals surface area contributed by atoms with Gasteiger partial charge in [-0.25, -0.2) is 14.2 Å². The van der Waals surface area contributed by atoms with Crippen molar-refractivity contribution in [2.45, 2.75) is 6.42 Å². The largest absolute Gasteiger partial charge is 0.330 e. The molecule has 2 heterocycles. The fourth-order valence-corrected chi connectivity index (χ4v) is 4.56. The maximum absolute atomic E-state index is 13.8. The van der Waals surface area contributed by atoms with Gasteiger partial charge in [0.15, 0.2) is 5.13 Å². The van der Waals surface area contributed by atoms with Crippen molar-refractivity contribution in [3.8, 4) is 11.3 Å². The van der Waals surface area contributed by atoms with Crippen LogP contribution in [0.4, 0.5) is 9.52 Å². The number of carbonyl (C=O) groups is 1. The van der Waals surface area contributed by atoms with Crippen LogP contribution in [0.5, 0.6) is 0 Å². The lowest BCUT2D eigenvalue weighted by molar-refractivity contribution is -0.115. The Morgan fingerprint density at radius 2 is 1.91 bits per heavy atom. The maximum Gasteiger partial charge on any atom is 0.330 e. The molecule has 0 bridgehead atoms. The van der Waals surface area contributed by atoms with Gasteiger partial charge in [0, 0.05) is 25.0 Å². The molecule has 0 aliphatic rings. The monoisotopic (exact) mass is 492 g/mol. The van der Waals surface area contributed by atoms with Crippen LogP contribution in [0.1, 0.15) is 5.56 Å². The molecule has 32 heavy (non-hydrogen) atoms. The summed E-state index contributed by atoms with van der Waals surface area (Å²) in [4.78, 5) is 41.8. The van der Waals surface area contributed by atoms with Gasteiger partial charge in [-0.15, -0.1) is 11.3 Å². The van der Waals surface area contributed by atoms with Crippen molar-refractivity contribution in [3.63, 3.8) is 0 Å². The summed E-state index contributed by atoms with van der Waals surface area (Å²) >= 11 is 13.0. The minimum atomic E-state index is -0.628. The number of benzene rings is 2. The van der Waals surface area contributed by atoms with Gasteiger partial charge in [-0.2, -0.15) is 0 Å². The topological polar surface area (TPSA) is 86.0 Å². The predicted octanol–water partition coefficient (Wildman–Crippen LogP) is 3.99. The van der Waals surface area contributed by atoms with Gasteiger partial charge in [0.05, 0.1) is 33.1 Å². The number of hydrogen-bond acceptors (Lipinski definition) is 5. The zero-order valence-corrected chi connectivity index (χ0v) is 19.1. The molecule has 0 saturated carbocycles. The Balaban J connectivity index is 1.61. The molecule has 2 aromatic heterocycles. The van der Waals surface area contributed by atoms with E-state index >= 15 is 0 Å². The van der Waals surface area contributed by atoms with Gasteiger partial charge in [0.2, 0.25) is 5.91 Å². The maximum atomic E-state index is 13.8. The summed E-state index contributed by atoms with van der Waals surface area (Å²) in [7, 11) is 2.96. The minimum Gasteiger partial charge on any atom is -0.302 e. The fourth-order valence-electron chi connectivity index (χ4n) is 3.35. The summed E-state index contributed by atoms with van der Waals surface area (Å²) in [6, 6.07) is 7.47. The summed E-state index contributed by atoms with van der Waals surface area (Å²) in [6.07, 6.45) is -0.101. The highest BCUT2D eigenvalue weighted by Crippen LogP contribution is 2.34. The standard InChI is InChI=1S/C21H15Cl2FN4O3S/c1-27-16-5-3-4-10(18(16)19(30)28(2)21(27)31)6-17(29)26-20-25-15(9-32-20)11-7-14(24)13(23)8-12(11)22/h3-5,7-9H,6H2,1-2H3,(H,25,26,29). The molecule has 2 aromatic carbocycles. The highest BCUT2D eigenvalue weighted by molar-refractivity contribution is 7.14. The Hall–Kier alpha value is -3.01. The summed E-state index contributed by atoms with van der Waals surface area (Å²) in [5, 5.41) is 5.04. The third-order valence-electron chi connectivity index (χ3n) is 4.97. The number of anilines is 1. The number of nitrogens with one attached hydrogen (secondary N) is 1. The predicted molar refractivity (Wildman–Crippen MR) is 124 cm³/mol. The van der Waals surface area contributed by atoms with E-state index in [9.17, 15) is 18.8 Å². The van der Waals surface area contributed by atoms with Gasteiger partial charge in [-0.3, -0.25) is 18.7 Å². The van der Waals surface area contributed by atoms with Gasteiger partial charge in [-0.1, -0.05) is 35.3 Å². The number of carbonyl (C=O) groups excluding carboxylic acids is 1. The summed E-state index contributed by atoms with van der Waals surface area (Å²) in [6.45, 7) is 0. The van der Waals surface area contributed by atoms with Gasteiger partial charge in [-0.05, 0) is 23.8 Å². The zero-order valence-electron chi connectivity index (χ0n) is 16.8. The second-order valence-corrected chi connectivity index (χ2v) is 8.70. The quantitative estimate of drug-likeness (QED) is 0.436. The number of aromatic nitrogens is 3. The molecular formula is C21H15Cl2FN4O3S. The first-order valence-corrected chi connectivity index (χ1v) is 10.9. The third-order valence-corrected chi connectivity index (χ3v) is 6.33. The number of nitrogens with zero attached hydrogens (tertiary/aromatic N) is 3. The summed E-state index contributed by atoms with van der Waals surface area (Å²) in [5.41, 5.74) is 0.748. The van der Waals surface area contributed by atoms with Gasteiger partial charge >= 0.3 is 5.69 Å². The van der Waals surface area contributed by atoms with Crippen LogP contribution in [0.25, 0.3) is 22.2 Å². The van der Waals surface area contributed by atoms with Crippen molar-refractivity contribution in [1.29, 1.82) is 0 Å². The van der Waals surface area contributed by atoms with Gasteiger partial charge in [0.1, 0.15) is 5.82 Å². The molecule has 164 valence electrons. The smallest absolute Gasteiger partial charge is 0.302 e. The van der Waals surface area contributed by atoms with Crippen LogP contribution >= 0.6 is 34.5 Å². The highest BCUT2D eigenvalue weighted by atomic mass is 35.5. The van der Waals surface area contributed by atoms with E-state index in [2.05, 4.69) is 10.3 Å². The molecule has 7 nitrogen and oxygen atoms in total. The van der Waals surface area contributed by atoms with Gasteiger partial charge in [0.25, 0.3) is 5.56 Å². The van der Waals surface area contributed by atoms with Crippen LogP contribution in [0.2, 0.25) is 10.0 Å². The van der Waals surface area contributed by atoms with E-state index in [1.54, 1.807) is 30.6 Å².